The summed E-state index contributed by atoms with van der Waals surface area (Å²) < 4.78 is 6.02. The van der Waals surface area contributed by atoms with Crippen molar-refractivity contribution in [3.8, 4) is 11.5 Å². The van der Waals surface area contributed by atoms with Crippen molar-refractivity contribution in [2.75, 3.05) is 37.8 Å². The van der Waals surface area contributed by atoms with Crippen LogP contribution in [0.25, 0.3) is 0 Å². The van der Waals surface area contributed by atoms with Crippen molar-refractivity contribution in [1.82, 2.24) is 14.9 Å². The number of nitrogens with zero attached hydrogens (tertiary/aromatic N) is 3. The summed E-state index contributed by atoms with van der Waals surface area (Å²) in [5.41, 5.74) is 1.75. The molecule has 1 heterocycles. The summed E-state index contributed by atoms with van der Waals surface area (Å²) in [7, 11) is 4.14. The SMILES string of the molecule is Cc1cc(Nc2ccccc2Oc2ccccc2)nc(NCCCN(C)C)n1. The van der Waals surface area contributed by atoms with Crippen LogP contribution in [0.2, 0.25) is 0 Å². The molecule has 2 aromatic carbocycles. The second-order valence-electron chi connectivity index (χ2n) is 6.84. The molecule has 28 heavy (non-hydrogen) atoms. The van der Waals surface area contributed by atoms with E-state index in [9.17, 15) is 0 Å². The minimum Gasteiger partial charge on any atom is -0.455 e. The summed E-state index contributed by atoms with van der Waals surface area (Å²) in [5.74, 6) is 2.89. The van der Waals surface area contributed by atoms with E-state index in [-0.39, 0.29) is 0 Å². The van der Waals surface area contributed by atoms with Crippen molar-refractivity contribution in [3.05, 3.63) is 66.4 Å². The Balaban J connectivity index is 1.71. The van der Waals surface area contributed by atoms with Gasteiger partial charge in [0.15, 0.2) is 5.75 Å². The van der Waals surface area contributed by atoms with Crippen LogP contribution < -0.4 is 15.4 Å². The molecule has 0 atom stereocenters. The van der Waals surface area contributed by atoms with E-state index in [1.54, 1.807) is 0 Å². The number of rotatable bonds is 9. The summed E-state index contributed by atoms with van der Waals surface area (Å²) >= 11 is 0. The Morgan fingerprint density at radius 2 is 1.71 bits per heavy atom. The maximum absolute atomic E-state index is 6.02. The predicted molar refractivity (Wildman–Crippen MR) is 115 cm³/mol. The minimum absolute atomic E-state index is 0.628. The van der Waals surface area contributed by atoms with Gasteiger partial charge in [-0.3, -0.25) is 0 Å². The minimum atomic E-state index is 0.628. The van der Waals surface area contributed by atoms with Gasteiger partial charge in [-0.25, -0.2) is 4.98 Å². The normalized spacial score (nSPS) is 10.7. The number of nitrogens with one attached hydrogen (secondary N) is 2. The quantitative estimate of drug-likeness (QED) is 0.528. The standard InChI is InChI=1S/C22H27N5O/c1-17-16-21(26-22(24-17)23-14-9-15-27(2)3)25-19-12-7-8-13-20(19)28-18-10-5-4-6-11-18/h4-8,10-13,16H,9,14-15H2,1-3H3,(H2,23,24,25,26). The fraction of sp³-hybridized carbons (Fsp3) is 0.273. The Kier molecular flexibility index (Phi) is 6.81. The topological polar surface area (TPSA) is 62.3 Å². The van der Waals surface area contributed by atoms with E-state index in [1.807, 2.05) is 67.6 Å². The molecule has 0 aliphatic carbocycles. The van der Waals surface area contributed by atoms with Gasteiger partial charge >= 0.3 is 0 Å². The molecule has 0 saturated carbocycles. The summed E-state index contributed by atoms with van der Waals surface area (Å²) in [6.45, 7) is 3.81. The molecule has 0 amide bonds. The van der Waals surface area contributed by atoms with Crippen LogP contribution in [0.5, 0.6) is 11.5 Å². The number of anilines is 3. The van der Waals surface area contributed by atoms with Gasteiger partial charge in [0, 0.05) is 18.3 Å². The van der Waals surface area contributed by atoms with E-state index in [1.165, 1.54) is 0 Å². The van der Waals surface area contributed by atoms with E-state index in [0.29, 0.717) is 5.95 Å². The van der Waals surface area contributed by atoms with E-state index in [4.69, 9.17) is 4.74 Å². The van der Waals surface area contributed by atoms with Crippen LogP contribution in [-0.2, 0) is 0 Å². The van der Waals surface area contributed by atoms with Crippen LogP contribution >= 0.6 is 0 Å². The zero-order valence-electron chi connectivity index (χ0n) is 16.6. The van der Waals surface area contributed by atoms with E-state index >= 15 is 0 Å². The van der Waals surface area contributed by atoms with Gasteiger partial charge in [0.1, 0.15) is 11.6 Å². The van der Waals surface area contributed by atoms with Crippen molar-refractivity contribution in [2.45, 2.75) is 13.3 Å². The average molecular weight is 377 g/mol. The lowest BCUT2D eigenvalue weighted by molar-refractivity contribution is 0.405. The molecule has 0 fully saturated rings. The summed E-state index contributed by atoms with van der Waals surface area (Å²) in [4.78, 5) is 11.2. The van der Waals surface area contributed by atoms with E-state index < -0.39 is 0 Å². The van der Waals surface area contributed by atoms with Gasteiger partial charge in [0.2, 0.25) is 5.95 Å². The highest BCUT2D eigenvalue weighted by Crippen LogP contribution is 2.31. The van der Waals surface area contributed by atoms with Crippen molar-refractivity contribution in [1.29, 1.82) is 0 Å². The van der Waals surface area contributed by atoms with Gasteiger partial charge in [-0.1, -0.05) is 30.3 Å². The molecule has 0 bridgehead atoms. The van der Waals surface area contributed by atoms with E-state index in [2.05, 4.69) is 39.6 Å². The number of benzene rings is 2. The van der Waals surface area contributed by atoms with Crippen LogP contribution in [0.1, 0.15) is 12.1 Å². The second kappa shape index (κ2) is 9.71. The molecule has 0 saturated heterocycles. The lowest BCUT2D eigenvalue weighted by Crippen LogP contribution is -2.17. The summed E-state index contributed by atoms with van der Waals surface area (Å²) in [6, 6.07) is 19.5. The van der Waals surface area contributed by atoms with E-state index in [0.717, 1.165) is 48.2 Å². The number of para-hydroxylation sites is 3. The molecular formula is C22H27N5O. The first-order valence-electron chi connectivity index (χ1n) is 9.43. The molecule has 0 radical (unpaired) electrons. The fourth-order valence-electron chi connectivity index (χ4n) is 2.72. The first-order chi connectivity index (χ1) is 13.6. The van der Waals surface area contributed by atoms with Crippen molar-refractivity contribution in [3.63, 3.8) is 0 Å². The Labute approximate surface area is 166 Å². The largest absolute Gasteiger partial charge is 0.455 e. The third-order valence-corrected chi connectivity index (χ3v) is 4.04. The number of ether oxygens (including phenoxy) is 1. The lowest BCUT2D eigenvalue weighted by Gasteiger charge is -2.14. The first-order valence-corrected chi connectivity index (χ1v) is 9.43. The van der Waals surface area contributed by atoms with Crippen LogP contribution in [0, 0.1) is 6.92 Å². The Morgan fingerprint density at radius 3 is 2.50 bits per heavy atom. The van der Waals surface area contributed by atoms with Gasteiger partial charge in [0.25, 0.3) is 0 Å². The average Bonchev–Trinajstić information content (AvgIpc) is 2.67. The van der Waals surface area contributed by atoms with Gasteiger partial charge < -0.3 is 20.3 Å². The van der Waals surface area contributed by atoms with Gasteiger partial charge in [-0.15, -0.1) is 0 Å². The van der Waals surface area contributed by atoms with Crippen LogP contribution in [-0.4, -0.2) is 42.1 Å². The zero-order valence-corrected chi connectivity index (χ0v) is 16.6. The van der Waals surface area contributed by atoms with Gasteiger partial charge in [-0.05, 0) is 58.3 Å². The molecule has 0 unspecified atom stereocenters. The van der Waals surface area contributed by atoms with Crippen molar-refractivity contribution >= 4 is 17.5 Å². The fourth-order valence-corrected chi connectivity index (χ4v) is 2.72. The molecule has 2 N–H and O–H groups in total. The third-order valence-electron chi connectivity index (χ3n) is 4.04. The van der Waals surface area contributed by atoms with Gasteiger partial charge in [-0.2, -0.15) is 4.98 Å². The molecule has 0 spiro atoms. The smallest absolute Gasteiger partial charge is 0.224 e. The molecule has 6 heteroatoms. The zero-order chi connectivity index (χ0) is 19.8. The molecule has 3 aromatic rings. The third kappa shape index (κ3) is 5.96. The molecule has 3 rings (SSSR count). The Bertz CT molecular complexity index is 883. The number of hydrogen-bond donors (Lipinski definition) is 2. The first kappa shape index (κ1) is 19.6. The number of aryl methyl sites for hydroxylation is 1. The van der Waals surface area contributed by atoms with Crippen LogP contribution in [0.4, 0.5) is 17.5 Å². The van der Waals surface area contributed by atoms with Crippen molar-refractivity contribution < 1.29 is 4.74 Å². The monoisotopic (exact) mass is 377 g/mol. The van der Waals surface area contributed by atoms with Crippen LogP contribution in [0.3, 0.4) is 0 Å². The Morgan fingerprint density at radius 1 is 0.964 bits per heavy atom. The molecule has 0 aliphatic heterocycles. The Hall–Kier alpha value is -3.12. The molecule has 146 valence electrons. The molecule has 6 nitrogen and oxygen atoms in total. The maximum atomic E-state index is 6.02. The summed E-state index contributed by atoms with van der Waals surface area (Å²) in [5, 5.41) is 6.66. The molecule has 1 aromatic heterocycles. The highest BCUT2D eigenvalue weighted by molar-refractivity contribution is 5.65. The number of aromatic nitrogens is 2. The lowest BCUT2D eigenvalue weighted by atomic mass is 10.2. The van der Waals surface area contributed by atoms with Crippen molar-refractivity contribution in [2.24, 2.45) is 0 Å². The maximum Gasteiger partial charge on any atom is 0.224 e. The molecule has 0 aliphatic rings. The highest BCUT2D eigenvalue weighted by atomic mass is 16.5. The van der Waals surface area contributed by atoms with Gasteiger partial charge in [0.05, 0.1) is 5.69 Å². The highest BCUT2D eigenvalue weighted by Gasteiger charge is 2.08. The predicted octanol–water partition coefficient (Wildman–Crippen LogP) is 4.68. The summed E-state index contributed by atoms with van der Waals surface area (Å²) in [6.07, 6.45) is 1.03. The molecular weight excluding hydrogens is 350 g/mol. The number of hydrogen-bond acceptors (Lipinski definition) is 6. The second-order valence-corrected chi connectivity index (χ2v) is 6.84. The van der Waals surface area contributed by atoms with Crippen LogP contribution in [0.15, 0.2) is 60.7 Å².